The van der Waals surface area contributed by atoms with Gasteiger partial charge in [0, 0.05) is 5.57 Å². The maximum absolute atomic E-state index is 13.7. The summed E-state index contributed by atoms with van der Waals surface area (Å²) in [5.41, 5.74) is 3.48. The van der Waals surface area contributed by atoms with Gasteiger partial charge in [0.15, 0.2) is 11.4 Å². The second-order valence-corrected chi connectivity index (χ2v) is 10.4. The fourth-order valence-corrected chi connectivity index (χ4v) is 6.10. The lowest BCUT2D eigenvalue weighted by Gasteiger charge is -2.46. The van der Waals surface area contributed by atoms with Gasteiger partial charge in [-0.25, -0.2) is 0 Å². The van der Waals surface area contributed by atoms with Crippen LogP contribution in [0.5, 0.6) is 5.75 Å². The predicted molar refractivity (Wildman–Crippen MR) is 128 cm³/mol. The molecule has 0 aliphatic heterocycles. The zero-order chi connectivity index (χ0) is 26.3. The quantitative estimate of drug-likeness (QED) is 0.240. The number of nitrogens with two attached hydrogens (primary N) is 1. The van der Waals surface area contributed by atoms with Gasteiger partial charge in [0.2, 0.25) is 11.6 Å². The third kappa shape index (κ3) is 3.00. The number of phenolic OH excluding ortho intramolecular Hbond substituents is 1. The number of carbonyl (C=O) groups is 3. The highest BCUT2D eigenvalue weighted by Gasteiger charge is 2.64. The van der Waals surface area contributed by atoms with Gasteiger partial charge >= 0.3 is 0 Å². The topological polar surface area (TPSA) is 180 Å². The number of rotatable bonds is 3. The maximum Gasteiger partial charge on any atom is 0.256 e. The molecule has 6 N–H and O–H groups in total. The molecule has 0 spiro atoms. The number of amides is 1. The van der Waals surface area contributed by atoms with E-state index in [0.717, 1.165) is 17.6 Å². The number of aliphatic hydroxyl groups is 3. The maximum atomic E-state index is 13.7. The van der Waals surface area contributed by atoms with Gasteiger partial charge in [0.05, 0.1) is 11.5 Å². The number of fused-ring (bicyclic) bond motifs is 3. The normalized spacial score (nSPS) is 29.8. The number of oxime groups is 1. The van der Waals surface area contributed by atoms with Crippen molar-refractivity contribution in [2.45, 2.75) is 38.7 Å². The van der Waals surface area contributed by atoms with E-state index in [1.807, 2.05) is 0 Å². The third-order valence-electron chi connectivity index (χ3n) is 7.63. The van der Waals surface area contributed by atoms with Crippen LogP contribution in [0.2, 0.25) is 0 Å². The number of ketones is 2. The highest BCUT2D eigenvalue weighted by molar-refractivity contribution is 6.38. The van der Waals surface area contributed by atoms with Crippen LogP contribution in [0.4, 0.5) is 0 Å². The lowest BCUT2D eigenvalue weighted by Crippen LogP contribution is -2.64. The van der Waals surface area contributed by atoms with Gasteiger partial charge in [-0.3, -0.25) is 14.4 Å². The van der Waals surface area contributed by atoms with E-state index in [2.05, 4.69) is 25.1 Å². The van der Waals surface area contributed by atoms with Gasteiger partial charge < -0.3 is 31.0 Å². The van der Waals surface area contributed by atoms with E-state index in [1.54, 1.807) is 6.07 Å². The minimum absolute atomic E-state index is 0.0189. The average Bonchev–Trinajstić information content (AvgIpc) is 2.77. The standard InChI is InChI=1S/C26H26N2O8/c1-25(2)8-11(9-25)12-4-5-15(29)17-13(12)6-10-7-14-19(28-36-3)21(31)18(24(27)34)23(33)26(14,35)22(32)16(10)20(17)30/h4-5,8,10,14,29-31,35H,6-7,9H2,1-3H3,(H2,27,34)/b28-19-/t10?,14-,26-/m0/s1. The zero-order valence-electron chi connectivity index (χ0n) is 20.0. The molecule has 36 heavy (non-hydrogen) atoms. The molecule has 0 bridgehead atoms. The minimum atomic E-state index is -2.85. The Morgan fingerprint density at radius 3 is 2.39 bits per heavy atom. The van der Waals surface area contributed by atoms with E-state index in [1.165, 1.54) is 13.2 Å². The van der Waals surface area contributed by atoms with E-state index in [4.69, 9.17) is 10.6 Å². The van der Waals surface area contributed by atoms with Crippen LogP contribution in [0.3, 0.4) is 0 Å². The summed E-state index contributed by atoms with van der Waals surface area (Å²) in [6.45, 7) is 4.19. The first-order valence-electron chi connectivity index (χ1n) is 11.5. The number of benzene rings is 1. The number of phenols is 1. The van der Waals surface area contributed by atoms with Crippen LogP contribution in [0.25, 0.3) is 11.3 Å². The number of primary amides is 1. The Balaban J connectivity index is 1.71. The molecule has 1 saturated carbocycles. The number of carbonyl (C=O) groups excluding carboxylic acids is 3. The second-order valence-electron chi connectivity index (χ2n) is 10.4. The molecule has 0 radical (unpaired) electrons. The van der Waals surface area contributed by atoms with Crippen LogP contribution in [0.1, 0.15) is 43.4 Å². The number of Topliss-reactive ketones (excluding diaryl/α,β-unsaturated/α-hetero) is 2. The molecule has 5 rings (SSSR count). The molecule has 4 aliphatic rings. The highest BCUT2D eigenvalue weighted by atomic mass is 16.6. The van der Waals surface area contributed by atoms with Crippen molar-refractivity contribution in [3.05, 3.63) is 51.8 Å². The van der Waals surface area contributed by atoms with Crippen molar-refractivity contribution in [1.29, 1.82) is 0 Å². The first kappa shape index (κ1) is 23.8. The molecule has 1 aromatic rings. The van der Waals surface area contributed by atoms with Gasteiger partial charge in [-0.1, -0.05) is 31.1 Å². The molecule has 1 aromatic carbocycles. The van der Waals surface area contributed by atoms with Crippen molar-refractivity contribution in [1.82, 2.24) is 0 Å². The van der Waals surface area contributed by atoms with Crippen LogP contribution < -0.4 is 5.73 Å². The molecular formula is C26H26N2O8. The summed E-state index contributed by atoms with van der Waals surface area (Å²) < 4.78 is 0. The number of allylic oxidation sites excluding steroid dienone is 3. The van der Waals surface area contributed by atoms with Crippen LogP contribution in [-0.4, -0.2) is 56.3 Å². The largest absolute Gasteiger partial charge is 0.507 e. The van der Waals surface area contributed by atoms with E-state index in [9.17, 15) is 34.8 Å². The summed E-state index contributed by atoms with van der Waals surface area (Å²) in [5.74, 6) is -7.53. The Morgan fingerprint density at radius 1 is 1.14 bits per heavy atom. The van der Waals surface area contributed by atoms with Gasteiger partial charge in [0.25, 0.3) is 5.91 Å². The Labute approximate surface area is 206 Å². The molecule has 10 nitrogen and oxygen atoms in total. The molecule has 3 atom stereocenters. The molecule has 1 unspecified atom stereocenters. The average molecular weight is 495 g/mol. The minimum Gasteiger partial charge on any atom is -0.507 e. The van der Waals surface area contributed by atoms with Crippen LogP contribution in [-0.2, 0) is 25.6 Å². The summed E-state index contributed by atoms with van der Waals surface area (Å²) in [6.07, 6.45) is 3.04. The number of aromatic hydroxyl groups is 1. The van der Waals surface area contributed by atoms with Crippen LogP contribution in [0, 0.1) is 17.3 Å². The van der Waals surface area contributed by atoms with Gasteiger partial charge in [-0.2, -0.15) is 0 Å². The van der Waals surface area contributed by atoms with E-state index < -0.39 is 52.0 Å². The molecule has 4 aliphatic carbocycles. The van der Waals surface area contributed by atoms with Gasteiger partial charge in [-0.15, -0.1) is 0 Å². The SMILES string of the molecule is CO/N=C1\C(O)=C(C(N)=O)C(=O)[C@@]2(O)C(=O)C3=C(O)c4c(O)ccc(C5=CC(C)(C)C5)c4CC3C[C@@H]12. The zero-order valence-corrected chi connectivity index (χ0v) is 20.0. The summed E-state index contributed by atoms with van der Waals surface area (Å²) >= 11 is 0. The molecule has 0 heterocycles. The lowest BCUT2D eigenvalue weighted by atomic mass is 9.57. The van der Waals surface area contributed by atoms with Crippen molar-refractivity contribution in [2.24, 2.45) is 28.1 Å². The summed E-state index contributed by atoms with van der Waals surface area (Å²) in [5, 5.41) is 47.7. The predicted octanol–water partition coefficient (Wildman–Crippen LogP) is 1.85. The van der Waals surface area contributed by atoms with Crippen molar-refractivity contribution in [3.63, 3.8) is 0 Å². The molecule has 10 heteroatoms. The van der Waals surface area contributed by atoms with Gasteiger partial charge in [-0.05, 0) is 53.4 Å². The monoisotopic (exact) mass is 494 g/mol. The summed E-state index contributed by atoms with van der Waals surface area (Å²) in [4.78, 5) is 43.6. The molecular weight excluding hydrogens is 468 g/mol. The Morgan fingerprint density at radius 2 is 1.81 bits per heavy atom. The summed E-state index contributed by atoms with van der Waals surface area (Å²) in [7, 11) is 1.17. The molecule has 1 fully saturated rings. The number of nitrogens with zero attached hydrogens (tertiary/aromatic N) is 1. The Bertz CT molecular complexity index is 1400. The van der Waals surface area contributed by atoms with Crippen molar-refractivity contribution in [3.8, 4) is 5.75 Å². The molecule has 1 amide bonds. The van der Waals surface area contributed by atoms with E-state index in [0.29, 0.717) is 5.56 Å². The van der Waals surface area contributed by atoms with Crippen molar-refractivity contribution in [2.75, 3.05) is 7.11 Å². The second kappa shape index (κ2) is 7.54. The smallest absolute Gasteiger partial charge is 0.256 e. The van der Waals surface area contributed by atoms with Crippen LogP contribution >= 0.6 is 0 Å². The number of aliphatic hydroxyl groups excluding tert-OH is 2. The number of hydrogen-bond donors (Lipinski definition) is 5. The van der Waals surface area contributed by atoms with Gasteiger partial charge in [0.1, 0.15) is 29.9 Å². The van der Waals surface area contributed by atoms with E-state index >= 15 is 0 Å². The van der Waals surface area contributed by atoms with Crippen molar-refractivity contribution >= 4 is 34.5 Å². The first-order chi connectivity index (χ1) is 16.8. The first-order valence-corrected chi connectivity index (χ1v) is 11.5. The summed E-state index contributed by atoms with van der Waals surface area (Å²) in [6, 6.07) is 3.20. The van der Waals surface area contributed by atoms with Crippen molar-refractivity contribution < 1.29 is 39.6 Å². The number of hydrogen-bond acceptors (Lipinski definition) is 9. The molecule has 188 valence electrons. The molecule has 0 aromatic heterocycles. The van der Waals surface area contributed by atoms with Crippen LogP contribution in [0.15, 0.2) is 40.3 Å². The lowest BCUT2D eigenvalue weighted by molar-refractivity contribution is -0.153. The highest BCUT2D eigenvalue weighted by Crippen LogP contribution is 2.53. The Hall–Kier alpha value is -3.92. The third-order valence-corrected chi connectivity index (χ3v) is 7.63. The Kier molecular flexibility index (Phi) is 4.98. The fraction of sp³-hybridized carbons (Fsp3) is 0.385. The molecule has 0 saturated heterocycles. The fourth-order valence-electron chi connectivity index (χ4n) is 6.10. The van der Waals surface area contributed by atoms with E-state index in [-0.39, 0.29) is 40.9 Å².